The van der Waals surface area contributed by atoms with Gasteiger partial charge in [0, 0.05) is 19.7 Å². The van der Waals surface area contributed by atoms with Crippen LogP contribution >= 0.6 is 11.6 Å². The van der Waals surface area contributed by atoms with E-state index in [-0.39, 0.29) is 16.8 Å². The molecule has 6 heteroatoms. The van der Waals surface area contributed by atoms with Crippen molar-refractivity contribution in [3.63, 3.8) is 0 Å². The highest BCUT2D eigenvalue weighted by Crippen LogP contribution is 2.15. The van der Waals surface area contributed by atoms with E-state index in [1.54, 1.807) is 0 Å². The molecule has 1 aromatic heterocycles. The van der Waals surface area contributed by atoms with E-state index < -0.39 is 5.69 Å². The van der Waals surface area contributed by atoms with E-state index >= 15 is 0 Å². The molecule has 5 nitrogen and oxygen atoms in total. The summed E-state index contributed by atoms with van der Waals surface area (Å²) in [7, 11) is 1.44. The molecule has 0 radical (unpaired) electrons. The summed E-state index contributed by atoms with van der Waals surface area (Å²) in [5, 5.41) is 0.173. The van der Waals surface area contributed by atoms with E-state index in [1.165, 1.54) is 17.7 Å². The smallest absolute Gasteiger partial charge is 0.331 e. The number of hydrogen-bond acceptors (Lipinski definition) is 3. The zero-order chi connectivity index (χ0) is 12.4. The summed E-state index contributed by atoms with van der Waals surface area (Å²) in [5.74, 6) is 0. The number of nitrogens with zero attached hydrogens (tertiary/aromatic N) is 2. The Morgan fingerprint density at radius 2 is 2.24 bits per heavy atom. The van der Waals surface area contributed by atoms with Gasteiger partial charge in [-0.1, -0.05) is 11.6 Å². The van der Waals surface area contributed by atoms with Crippen LogP contribution in [0, 0.1) is 0 Å². The summed E-state index contributed by atoms with van der Waals surface area (Å²) in [6.45, 7) is 1.13. The van der Waals surface area contributed by atoms with Crippen molar-refractivity contribution < 1.29 is 4.74 Å². The molecule has 1 aromatic rings. The molecule has 0 aliphatic carbocycles. The first kappa shape index (κ1) is 12.4. The third-order valence-electron chi connectivity index (χ3n) is 3.01. The van der Waals surface area contributed by atoms with E-state index in [0.29, 0.717) is 6.54 Å². The molecule has 1 fully saturated rings. The highest BCUT2D eigenvalue weighted by molar-refractivity contribution is 6.29. The molecule has 0 amide bonds. The lowest BCUT2D eigenvalue weighted by Crippen LogP contribution is -2.40. The summed E-state index contributed by atoms with van der Waals surface area (Å²) < 4.78 is 7.99. The van der Waals surface area contributed by atoms with Crippen LogP contribution in [-0.4, -0.2) is 21.8 Å². The second-order valence-electron chi connectivity index (χ2n) is 4.25. The molecule has 0 saturated carbocycles. The molecular formula is C11H15ClN2O3. The van der Waals surface area contributed by atoms with Crippen molar-refractivity contribution >= 4 is 11.6 Å². The summed E-state index contributed by atoms with van der Waals surface area (Å²) in [5.41, 5.74) is -0.780. The van der Waals surface area contributed by atoms with Gasteiger partial charge in [0.15, 0.2) is 0 Å². The van der Waals surface area contributed by atoms with Crippen LogP contribution in [0.3, 0.4) is 0 Å². The Morgan fingerprint density at radius 1 is 1.47 bits per heavy atom. The Balaban J connectivity index is 2.29. The van der Waals surface area contributed by atoms with Gasteiger partial charge in [0.05, 0.1) is 12.6 Å². The predicted molar refractivity (Wildman–Crippen MR) is 64.5 cm³/mol. The Morgan fingerprint density at radius 3 is 2.88 bits per heavy atom. The average molecular weight is 259 g/mol. The topological polar surface area (TPSA) is 53.2 Å². The molecule has 1 aliphatic heterocycles. The highest BCUT2D eigenvalue weighted by Gasteiger charge is 2.17. The molecule has 2 heterocycles. The van der Waals surface area contributed by atoms with Gasteiger partial charge in [0.25, 0.3) is 5.56 Å². The maximum atomic E-state index is 11.9. The third-order valence-corrected chi connectivity index (χ3v) is 3.32. The second kappa shape index (κ2) is 5.06. The van der Waals surface area contributed by atoms with Gasteiger partial charge in [-0.3, -0.25) is 13.9 Å². The molecule has 0 bridgehead atoms. The van der Waals surface area contributed by atoms with Crippen molar-refractivity contribution in [1.29, 1.82) is 0 Å². The Bertz CT molecular complexity index is 514. The number of hydrogen-bond donors (Lipinski definition) is 0. The van der Waals surface area contributed by atoms with Crippen LogP contribution in [0.4, 0.5) is 0 Å². The SMILES string of the molecule is Cn1c(=O)cc(Cl)n(C[C@@H]2CCCCO2)c1=O. The van der Waals surface area contributed by atoms with E-state index in [1.807, 2.05) is 0 Å². The van der Waals surface area contributed by atoms with Crippen LogP contribution in [-0.2, 0) is 18.3 Å². The normalized spacial score (nSPS) is 20.5. The van der Waals surface area contributed by atoms with Crippen molar-refractivity contribution in [1.82, 2.24) is 9.13 Å². The lowest BCUT2D eigenvalue weighted by Gasteiger charge is -2.23. The summed E-state index contributed by atoms with van der Waals surface area (Å²) in [6, 6.07) is 1.26. The number of rotatable bonds is 2. The molecule has 0 unspecified atom stereocenters. The summed E-state index contributed by atoms with van der Waals surface area (Å²) >= 11 is 5.92. The van der Waals surface area contributed by atoms with Gasteiger partial charge < -0.3 is 4.74 Å². The predicted octanol–water partition coefficient (Wildman–Crippen LogP) is 0.769. The molecule has 1 saturated heterocycles. The average Bonchev–Trinajstić information content (AvgIpc) is 2.33. The molecule has 2 rings (SSSR count). The van der Waals surface area contributed by atoms with Crippen LogP contribution in [0.1, 0.15) is 19.3 Å². The second-order valence-corrected chi connectivity index (χ2v) is 4.63. The summed E-state index contributed by atoms with van der Waals surface area (Å²) in [6.07, 6.45) is 3.09. The number of aromatic nitrogens is 2. The van der Waals surface area contributed by atoms with Gasteiger partial charge in [0.1, 0.15) is 5.15 Å². The minimum atomic E-state index is -0.392. The maximum Gasteiger partial charge on any atom is 0.331 e. The third kappa shape index (κ3) is 2.61. The number of ether oxygens (including phenoxy) is 1. The van der Waals surface area contributed by atoms with Gasteiger partial charge in [-0.05, 0) is 19.3 Å². The molecule has 0 spiro atoms. The molecule has 0 aromatic carbocycles. The fraction of sp³-hybridized carbons (Fsp3) is 0.636. The van der Waals surface area contributed by atoms with Crippen molar-refractivity contribution in [2.45, 2.75) is 31.9 Å². The van der Waals surface area contributed by atoms with Crippen LogP contribution in [0.25, 0.3) is 0 Å². The monoisotopic (exact) mass is 258 g/mol. The Kier molecular flexibility index (Phi) is 3.69. The van der Waals surface area contributed by atoms with Crippen LogP contribution in [0.15, 0.2) is 15.7 Å². The molecule has 17 heavy (non-hydrogen) atoms. The molecule has 94 valence electrons. The molecule has 0 N–H and O–H groups in total. The van der Waals surface area contributed by atoms with Crippen LogP contribution < -0.4 is 11.2 Å². The quantitative estimate of drug-likeness (QED) is 0.737. The van der Waals surface area contributed by atoms with Gasteiger partial charge in [-0.15, -0.1) is 0 Å². The minimum Gasteiger partial charge on any atom is -0.376 e. The van der Waals surface area contributed by atoms with Gasteiger partial charge >= 0.3 is 5.69 Å². The van der Waals surface area contributed by atoms with Crippen LogP contribution in [0.5, 0.6) is 0 Å². The van der Waals surface area contributed by atoms with E-state index in [4.69, 9.17) is 16.3 Å². The fourth-order valence-electron chi connectivity index (χ4n) is 1.96. The standard InChI is InChI=1S/C11H15ClN2O3/c1-13-10(15)6-9(12)14(11(13)16)7-8-4-2-3-5-17-8/h6,8H,2-5,7H2,1H3/t8-/m0/s1. The van der Waals surface area contributed by atoms with Crippen molar-refractivity contribution in [2.24, 2.45) is 7.05 Å². The zero-order valence-corrected chi connectivity index (χ0v) is 10.4. The summed E-state index contributed by atoms with van der Waals surface area (Å²) in [4.78, 5) is 23.2. The van der Waals surface area contributed by atoms with Crippen molar-refractivity contribution in [3.05, 3.63) is 32.1 Å². The fourth-order valence-corrected chi connectivity index (χ4v) is 2.20. The first-order chi connectivity index (χ1) is 8.09. The highest BCUT2D eigenvalue weighted by atomic mass is 35.5. The number of halogens is 1. The maximum absolute atomic E-state index is 11.9. The first-order valence-electron chi connectivity index (χ1n) is 5.67. The van der Waals surface area contributed by atoms with E-state index in [2.05, 4.69) is 0 Å². The van der Waals surface area contributed by atoms with E-state index in [0.717, 1.165) is 30.4 Å². The van der Waals surface area contributed by atoms with Gasteiger partial charge in [-0.2, -0.15) is 0 Å². The van der Waals surface area contributed by atoms with Gasteiger partial charge in [0.2, 0.25) is 0 Å². The molecule has 1 atom stereocenters. The van der Waals surface area contributed by atoms with Crippen LogP contribution in [0.2, 0.25) is 5.15 Å². The van der Waals surface area contributed by atoms with Crippen molar-refractivity contribution in [3.8, 4) is 0 Å². The van der Waals surface area contributed by atoms with E-state index in [9.17, 15) is 9.59 Å². The molecule has 1 aliphatic rings. The zero-order valence-electron chi connectivity index (χ0n) is 9.69. The molecular weight excluding hydrogens is 244 g/mol. The Hall–Kier alpha value is -1.07. The van der Waals surface area contributed by atoms with Gasteiger partial charge in [-0.25, -0.2) is 4.79 Å². The largest absolute Gasteiger partial charge is 0.376 e. The van der Waals surface area contributed by atoms with Crippen molar-refractivity contribution in [2.75, 3.05) is 6.61 Å². The first-order valence-corrected chi connectivity index (χ1v) is 6.05. The minimum absolute atomic E-state index is 0.0106. The lowest BCUT2D eigenvalue weighted by atomic mass is 10.1. The Labute approximate surface area is 104 Å². The lowest BCUT2D eigenvalue weighted by molar-refractivity contribution is 0.00506.